The largest absolute Gasteiger partial charge is 0.493 e. The molecule has 0 aromatic heterocycles. The maximum absolute atomic E-state index is 11.7. The molecule has 0 unspecified atom stereocenters. The minimum absolute atomic E-state index is 0.261. The molecule has 0 radical (unpaired) electrons. The fourth-order valence-electron chi connectivity index (χ4n) is 2.25. The van der Waals surface area contributed by atoms with Gasteiger partial charge in [-0.25, -0.2) is 4.79 Å². The molecule has 2 rings (SSSR count). The van der Waals surface area contributed by atoms with Gasteiger partial charge in [0.05, 0.1) is 20.8 Å². The highest BCUT2D eigenvalue weighted by Gasteiger charge is 2.23. The van der Waals surface area contributed by atoms with Crippen LogP contribution in [0, 0.1) is 0 Å². The molecule has 0 saturated carbocycles. The zero-order valence-corrected chi connectivity index (χ0v) is 11.6. The highest BCUT2D eigenvalue weighted by molar-refractivity contribution is 5.68. The van der Waals surface area contributed by atoms with Crippen LogP contribution in [0.1, 0.15) is 18.1 Å². The van der Waals surface area contributed by atoms with Crippen molar-refractivity contribution in [2.24, 2.45) is 0 Å². The number of hydrogen-bond donors (Lipinski definition) is 0. The Kier molecular flexibility index (Phi) is 4.14. The summed E-state index contributed by atoms with van der Waals surface area (Å²) in [5.41, 5.74) is 2.27. The average Bonchev–Trinajstić information content (AvgIpc) is 2.45. The molecular formula is C14H19NO4. The van der Waals surface area contributed by atoms with E-state index < -0.39 is 0 Å². The summed E-state index contributed by atoms with van der Waals surface area (Å²) in [4.78, 5) is 13.4. The maximum atomic E-state index is 11.7. The molecule has 1 aromatic carbocycles. The Balaban J connectivity index is 2.22. The van der Waals surface area contributed by atoms with Gasteiger partial charge in [0, 0.05) is 13.1 Å². The second kappa shape index (κ2) is 5.82. The van der Waals surface area contributed by atoms with Crippen LogP contribution in [0.2, 0.25) is 0 Å². The molecule has 0 N–H and O–H groups in total. The van der Waals surface area contributed by atoms with Crippen LogP contribution in [-0.2, 0) is 17.7 Å². The molecule has 104 valence electrons. The Morgan fingerprint density at radius 3 is 2.42 bits per heavy atom. The Hall–Kier alpha value is -1.91. The zero-order valence-electron chi connectivity index (χ0n) is 11.6. The van der Waals surface area contributed by atoms with Crippen LogP contribution >= 0.6 is 0 Å². The van der Waals surface area contributed by atoms with E-state index in [1.165, 1.54) is 5.56 Å². The third kappa shape index (κ3) is 2.75. The van der Waals surface area contributed by atoms with Crippen molar-refractivity contribution in [2.45, 2.75) is 19.9 Å². The third-order valence-electron chi connectivity index (χ3n) is 3.24. The van der Waals surface area contributed by atoms with Gasteiger partial charge in [-0.15, -0.1) is 0 Å². The first-order chi connectivity index (χ1) is 9.19. The summed E-state index contributed by atoms with van der Waals surface area (Å²) >= 11 is 0. The zero-order chi connectivity index (χ0) is 13.8. The molecule has 0 spiro atoms. The van der Waals surface area contributed by atoms with Crippen molar-refractivity contribution in [2.75, 3.05) is 27.4 Å². The number of rotatable bonds is 3. The second-order valence-electron chi connectivity index (χ2n) is 4.35. The topological polar surface area (TPSA) is 48.0 Å². The van der Waals surface area contributed by atoms with Crippen LogP contribution in [0.25, 0.3) is 0 Å². The van der Waals surface area contributed by atoms with Gasteiger partial charge in [-0.3, -0.25) is 0 Å². The molecule has 0 saturated heterocycles. The minimum atomic E-state index is -0.261. The molecule has 0 bridgehead atoms. The Bertz CT molecular complexity index is 473. The molecular weight excluding hydrogens is 246 g/mol. The van der Waals surface area contributed by atoms with Crippen molar-refractivity contribution in [1.29, 1.82) is 0 Å². The molecule has 1 aromatic rings. The Morgan fingerprint density at radius 1 is 1.21 bits per heavy atom. The SMILES string of the molecule is CCOC(=O)N1CCc2cc(OC)c(OC)cc2C1. The molecule has 1 heterocycles. The highest BCUT2D eigenvalue weighted by atomic mass is 16.6. The van der Waals surface area contributed by atoms with E-state index in [1.54, 1.807) is 19.1 Å². The van der Waals surface area contributed by atoms with Gasteiger partial charge in [-0.05, 0) is 36.6 Å². The average molecular weight is 265 g/mol. The van der Waals surface area contributed by atoms with Gasteiger partial charge >= 0.3 is 6.09 Å². The molecule has 0 atom stereocenters. The monoisotopic (exact) mass is 265 g/mol. The Labute approximate surface area is 113 Å². The smallest absolute Gasteiger partial charge is 0.410 e. The van der Waals surface area contributed by atoms with Crippen molar-refractivity contribution < 1.29 is 19.0 Å². The molecule has 5 heteroatoms. The summed E-state index contributed by atoms with van der Waals surface area (Å²) in [6.07, 6.45) is 0.539. The van der Waals surface area contributed by atoms with E-state index in [4.69, 9.17) is 14.2 Å². The molecule has 1 aliphatic rings. The predicted octanol–water partition coefficient (Wildman–Crippen LogP) is 2.22. The van der Waals surface area contributed by atoms with Crippen LogP contribution in [0.3, 0.4) is 0 Å². The number of carbonyl (C=O) groups excluding carboxylic acids is 1. The van der Waals surface area contributed by atoms with E-state index in [-0.39, 0.29) is 6.09 Å². The molecule has 19 heavy (non-hydrogen) atoms. The summed E-state index contributed by atoms with van der Waals surface area (Å²) in [6.45, 7) is 3.42. The lowest BCUT2D eigenvalue weighted by Crippen LogP contribution is -2.36. The second-order valence-corrected chi connectivity index (χ2v) is 4.35. The van der Waals surface area contributed by atoms with Crippen LogP contribution in [-0.4, -0.2) is 38.4 Å². The van der Waals surface area contributed by atoms with Crippen LogP contribution in [0.5, 0.6) is 11.5 Å². The Morgan fingerprint density at radius 2 is 1.84 bits per heavy atom. The van der Waals surface area contributed by atoms with E-state index >= 15 is 0 Å². The van der Waals surface area contributed by atoms with Gasteiger partial charge in [-0.1, -0.05) is 0 Å². The normalized spacial score (nSPS) is 13.7. The van der Waals surface area contributed by atoms with Gasteiger partial charge < -0.3 is 19.1 Å². The number of nitrogens with zero attached hydrogens (tertiary/aromatic N) is 1. The van der Waals surface area contributed by atoms with Gasteiger partial charge in [0.2, 0.25) is 0 Å². The minimum Gasteiger partial charge on any atom is -0.493 e. The van der Waals surface area contributed by atoms with Crippen molar-refractivity contribution in [1.82, 2.24) is 4.90 Å². The van der Waals surface area contributed by atoms with E-state index in [2.05, 4.69) is 0 Å². The maximum Gasteiger partial charge on any atom is 0.410 e. The quantitative estimate of drug-likeness (QED) is 0.840. The molecule has 1 aliphatic heterocycles. The standard InChI is InChI=1S/C14H19NO4/c1-4-19-14(16)15-6-5-10-7-12(17-2)13(18-3)8-11(10)9-15/h7-8H,4-6,9H2,1-3H3. The van der Waals surface area contributed by atoms with Gasteiger partial charge in [-0.2, -0.15) is 0 Å². The van der Waals surface area contributed by atoms with Crippen molar-refractivity contribution in [3.63, 3.8) is 0 Å². The number of carbonyl (C=O) groups is 1. The molecule has 1 amide bonds. The lowest BCUT2D eigenvalue weighted by molar-refractivity contribution is 0.102. The summed E-state index contributed by atoms with van der Waals surface area (Å²) in [5.74, 6) is 1.41. The highest BCUT2D eigenvalue weighted by Crippen LogP contribution is 2.33. The van der Waals surface area contributed by atoms with Gasteiger partial charge in [0.1, 0.15) is 0 Å². The van der Waals surface area contributed by atoms with Crippen LogP contribution in [0.4, 0.5) is 4.79 Å². The number of fused-ring (bicyclic) bond motifs is 1. The number of benzene rings is 1. The lowest BCUT2D eigenvalue weighted by Gasteiger charge is -2.28. The van der Waals surface area contributed by atoms with Crippen molar-refractivity contribution in [3.8, 4) is 11.5 Å². The predicted molar refractivity (Wildman–Crippen MR) is 70.7 cm³/mol. The van der Waals surface area contributed by atoms with Gasteiger partial charge in [0.25, 0.3) is 0 Å². The van der Waals surface area contributed by atoms with E-state index in [1.807, 2.05) is 19.1 Å². The van der Waals surface area contributed by atoms with E-state index in [0.717, 1.165) is 17.7 Å². The van der Waals surface area contributed by atoms with Crippen molar-refractivity contribution >= 4 is 6.09 Å². The molecule has 0 fully saturated rings. The summed E-state index contributed by atoms with van der Waals surface area (Å²) in [7, 11) is 3.23. The third-order valence-corrected chi connectivity index (χ3v) is 3.24. The number of methoxy groups -OCH3 is 2. The van der Waals surface area contributed by atoms with E-state index in [0.29, 0.717) is 25.4 Å². The van der Waals surface area contributed by atoms with E-state index in [9.17, 15) is 4.79 Å². The summed E-state index contributed by atoms with van der Waals surface area (Å²) in [6, 6.07) is 3.91. The van der Waals surface area contributed by atoms with Crippen LogP contribution in [0.15, 0.2) is 12.1 Å². The fourth-order valence-corrected chi connectivity index (χ4v) is 2.25. The summed E-state index contributed by atoms with van der Waals surface area (Å²) in [5, 5.41) is 0. The number of hydrogen-bond acceptors (Lipinski definition) is 4. The first-order valence-corrected chi connectivity index (χ1v) is 6.35. The lowest BCUT2D eigenvalue weighted by atomic mass is 9.99. The summed E-state index contributed by atoms with van der Waals surface area (Å²) < 4.78 is 15.6. The number of amides is 1. The van der Waals surface area contributed by atoms with Gasteiger partial charge in [0.15, 0.2) is 11.5 Å². The molecule has 5 nitrogen and oxygen atoms in total. The fraction of sp³-hybridized carbons (Fsp3) is 0.500. The van der Waals surface area contributed by atoms with Crippen LogP contribution < -0.4 is 9.47 Å². The first kappa shape index (κ1) is 13.5. The molecule has 0 aliphatic carbocycles. The first-order valence-electron chi connectivity index (χ1n) is 6.35. The number of ether oxygens (including phenoxy) is 3. The van der Waals surface area contributed by atoms with Crippen molar-refractivity contribution in [3.05, 3.63) is 23.3 Å².